The maximum absolute atomic E-state index is 12.7. The number of ether oxygens (including phenoxy) is 1. The lowest BCUT2D eigenvalue weighted by atomic mass is 10.1. The van der Waals surface area contributed by atoms with Crippen molar-refractivity contribution in [3.63, 3.8) is 0 Å². The van der Waals surface area contributed by atoms with Crippen LogP contribution >= 0.6 is 0 Å². The van der Waals surface area contributed by atoms with Gasteiger partial charge in [-0.2, -0.15) is 0 Å². The largest absolute Gasteiger partial charge is 0.385 e. The highest BCUT2D eigenvalue weighted by Gasteiger charge is 2.30. The summed E-state index contributed by atoms with van der Waals surface area (Å²) in [5.41, 5.74) is 2.17. The number of rotatable bonds is 7. The molecule has 6 nitrogen and oxygen atoms in total. The number of benzene rings is 1. The highest BCUT2D eigenvalue weighted by Crippen LogP contribution is 2.17. The maximum Gasteiger partial charge on any atom is 0.228 e. The molecule has 0 aliphatic carbocycles. The van der Waals surface area contributed by atoms with E-state index >= 15 is 0 Å². The number of piperazine rings is 1. The van der Waals surface area contributed by atoms with Gasteiger partial charge in [0.2, 0.25) is 5.91 Å². The van der Waals surface area contributed by atoms with E-state index in [0.29, 0.717) is 13.0 Å². The average Bonchev–Trinajstić information content (AvgIpc) is 3.14. The van der Waals surface area contributed by atoms with Crippen LogP contribution in [-0.4, -0.2) is 65.1 Å². The van der Waals surface area contributed by atoms with Gasteiger partial charge in [0.1, 0.15) is 0 Å². The smallest absolute Gasteiger partial charge is 0.228 e. The summed E-state index contributed by atoms with van der Waals surface area (Å²) in [6.07, 6.45) is 4.56. The molecule has 0 saturated carbocycles. The highest BCUT2D eigenvalue weighted by molar-refractivity contribution is 5.78. The Morgan fingerprint density at radius 3 is 2.88 bits per heavy atom. The third-order valence-corrected chi connectivity index (χ3v) is 4.69. The number of hydrogen-bond acceptors (Lipinski definition) is 4. The minimum Gasteiger partial charge on any atom is -0.385 e. The summed E-state index contributed by atoms with van der Waals surface area (Å²) in [6.45, 7) is 4.12. The van der Waals surface area contributed by atoms with Gasteiger partial charge in [-0.3, -0.25) is 9.69 Å². The molecule has 1 atom stereocenters. The molecule has 2 heterocycles. The van der Waals surface area contributed by atoms with Crippen LogP contribution in [-0.2, 0) is 22.5 Å². The fourth-order valence-electron chi connectivity index (χ4n) is 3.38. The van der Waals surface area contributed by atoms with Crippen molar-refractivity contribution in [3.05, 3.63) is 54.1 Å². The van der Waals surface area contributed by atoms with Crippen molar-refractivity contribution in [2.75, 3.05) is 33.4 Å². The summed E-state index contributed by atoms with van der Waals surface area (Å²) in [4.78, 5) is 24.2. The summed E-state index contributed by atoms with van der Waals surface area (Å²) in [7, 11) is 1.71. The van der Waals surface area contributed by atoms with E-state index in [9.17, 15) is 4.79 Å². The molecule has 1 aromatic heterocycles. The van der Waals surface area contributed by atoms with Crippen molar-refractivity contribution in [2.45, 2.75) is 25.4 Å². The zero-order valence-corrected chi connectivity index (χ0v) is 14.7. The number of aromatic nitrogens is 2. The summed E-state index contributed by atoms with van der Waals surface area (Å²) in [5.74, 6) is 0.157. The lowest BCUT2D eigenvalue weighted by Gasteiger charge is -2.41. The number of hydrogen-bond donors (Lipinski definition) is 1. The lowest BCUT2D eigenvalue weighted by Crippen LogP contribution is -2.55. The molecular weight excluding hydrogens is 316 g/mol. The fourth-order valence-corrected chi connectivity index (χ4v) is 3.38. The molecule has 25 heavy (non-hydrogen) atoms. The van der Waals surface area contributed by atoms with E-state index in [-0.39, 0.29) is 11.9 Å². The topological polar surface area (TPSA) is 61.5 Å². The first-order chi connectivity index (χ1) is 12.3. The van der Waals surface area contributed by atoms with Crippen molar-refractivity contribution < 1.29 is 9.53 Å². The summed E-state index contributed by atoms with van der Waals surface area (Å²) in [5, 5.41) is 0. The van der Waals surface area contributed by atoms with Gasteiger partial charge in [-0.25, -0.2) is 4.98 Å². The Balaban J connectivity index is 1.62. The van der Waals surface area contributed by atoms with E-state index < -0.39 is 0 Å². The fraction of sp³-hybridized carbons (Fsp3) is 0.474. The monoisotopic (exact) mass is 342 g/mol. The standard InChI is InChI=1S/C19H26N4O2/c1-25-10-7-18-14-22(13-16-5-3-2-4-6-16)8-9-23(18)19(24)11-17-12-20-15-21-17/h2-6,12,15,18H,7-11,13-14H2,1H3,(H,20,21)/t18-/m0/s1. The van der Waals surface area contributed by atoms with Crippen LogP contribution in [0.5, 0.6) is 0 Å². The molecule has 1 N–H and O–H groups in total. The zero-order valence-electron chi connectivity index (χ0n) is 14.7. The van der Waals surface area contributed by atoms with Gasteiger partial charge in [-0.1, -0.05) is 30.3 Å². The Hall–Kier alpha value is -2.18. The van der Waals surface area contributed by atoms with Crippen LogP contribution in [0.15, 0.2) is 42.9 Å². The number of carbonyl (C=O) groups is 1. The predicted molar refractivity (Wildman–Crippen MR) is 96.0 cm³/mol. The molecule has 0 radical (unpaired) electrons. The van der Waals surface area contributed by atoms with Gasteiger partial charge < -0.3 is 14.6 Å². The van der Waals surface area contributed by atoms with E-state index in [2.05, 4.69) is 39.1 Å². The van der Waals surface area contributed by atoms with Crippen LogP contribution in [0.4, 0.5) is 0 Å². The highest BCUT2D eigenvalue weighted by atomic mass is 16.5. The molecule has 6 heteroatoms. The molecule has 0 spiro atoms. The van der Waals surface area contributed by atoms with Gasteiger partial charge in [0.05, 0.1) is 12.7 Å². The molecular formula is C19H26N4O2. The van der Waals surface area contributed by atoms with Gasteiger partial charge in [-0.15, -0.1) is 0 Å². The second-order valence-electron chi connectivity index (χ2n) is 6.50. The van der Waals surface area contributed by atoms with Gasteiger partial charge >= 0.3 is 0 Å². The molecule has 1 aliphatic heterocycles. The normalized spacial score (nSPS) is 18.4. The van der Waals surface area contributed by atoms with Gasteiger partial charge in [0, 0.05) is 57.8 Å². The number of nitrogens with zero attached hydrogens (tertiary/aromatic N) is 3. The molecule has 0 unspecified atom stereocenters. The molecule has 2 aromatic rings. The van der Waals surface area contributed by atoms with Crippen LogP contribution in [0.1, 0.15) is 17.7 Å². The first-order valence-electron chi connectivity index (χ1n) is 8.78. The number of H-pyrrole nitrogens is 1. The summed E-state index contributed by atoms with van der Waals surface area (Å²) < 4.78 is 5.26. The van der Waals surface area contributed by atoms with Crippen molar-refractivity contribution >= 4 is 5.91 Å². The molecule has 1 aromatic carbocycles. The van der Waals surface area contributed by atoms with Gasteiger partial charge in [0.15, 0.2) is 0 Å². The second-order valence-corrected chi connectivity index (χ2v) is 6.50. The van der Waals surface area contributed by atoms with E-state index in [4.69, 9.17) is 4.74 Å². The van der Waals surface area contributed by atoms with Crippen LogP contribution in [0.3, 0.4) is 0 Å². The first kappa shape index (κ1) is 17.6. The van der Waals surface area contributed by atoms with Crippen LogP contribution in [0.2, 0.25) is 0 Å². The SMILES string of the molecule is COCC[C@H]1CN(Cc2ccccc2)CCN1C(=O)Cc1cnc[nH]1. The average molecular weight is 342 g/mol. The van der Waals surface area contributed by atoms with Gasteiger partial charge in [-0.05, 0) is 12.0 Å². The third kappa shape index (κ3) is 4.90. The summed E-state index contributed by atoms with van der Waals surface area (Å²) in [6, 6.07) is 10.7. The predicted octanol–water partition coefficient (Wildman–Crippen LogP) is 1.70. The number of aromatic amines is 1. The minimum atomic E-state index is 0.157. The first-order valence-corrected chi connectivity index (χ1v) is 8.78. The van der Waals surface area contributed by atoms with E-state index in [0.717, 1.165) is 38.3 Å². The number of carbonyl (C=O) groups excluding carboxylic acids is 1. The van der Waals surface area contributed by atoms with E-state index in [1.807, 2.05) is 11.0 Å². The third-order valence-electron chi connectivity index (χ3n) is 4.69. The van der Waals surface area contributed by atoms with Crippen LogP contribution < -0.4 is 0 Å². The lowest BCUT2D eigenvalue weighted by molar-refractivity contribution is -0.136. The Morgan fingerprint density at radius 1 is 1.32 bits per heavy atom. The van der Waals surface area contributed by atoms with Crippen molar-refractivity contribution in [3.8, 4) is 0 Å². The zero-order chi connectivity index (χ0) is 17.5. The molecule has 0 bridgehead atoms. The molecule has 3 rings (SSSR count). The Kier molecular flexibility index (Phi) is 6.19. The molecule has 1 saturated heterocycles. The minimum absolute atomic E-state index is 0.157. The molecule has 1 amide bonds. The quantitative estimate of drug-likeness (QED) is 0.832. The maximum atomic E-state index is 12.7. The van der Waals surface area contributed by atoms with Crippen LogP contribution in [0, 0.1) is 0 Å². The second kappa shape index (κ2) is 8.78. The Morgan fingerprint density at radius 2 is 2.16 bits per heavy atom. The number of methoxy groups -OCH3 is 1. The summed E-state index contributed by atoms with van der Waals surface area (Å²) >= 11 is 0. The number of amides is 1. The van der Waals surface area contributed by atoms with Crippen molar-refractivity contribution in [1.82, 2.24) is 19.8 Å². The Labute approximate surface area is 148 Å². The van der Waals surface area contributed by atoms with Gasteiger partial charge in [0.25, 0.3) is 0 Å². The van der Waals surface area contributed by atoms with Crippen LogP contribution in [0.25, 0.3) is 0 Å². The van der Waals surface area contributed by atoms with E-state index in [1.165, 1.54) is 5.56 Å². The number of nitrogens with one attached hydrogen (secondary N) is 1. The van der Waals surface area contributed by atoms with E-state index in [1.54, 1.807) is 19.6 Å². The molecule has 1 fully saturated rings. The molecule has 1 aliphatic rings. The Bertz CT molecular complexity index is 645. The number of imidazole rings is 1. The molecule has 134 valence electrons. The van der Waals surface area contributed by atoms with Crippen molar-refractivity contribution in [1.29, 1.82) is 0 Å². The van der Waals surface area contributed by atoms with Crippen molar-refractivity contribution in [2.24, 2.45) is 0 Å².